The highest BCUT2D eigenvalue weighted by Gasteiger charge is 2.19. The minimum atomic E-state index is -3.29. The van der Waals surface area contributed by atoms with Crippen LogP contribution in [0.25, 0.3) is 0 Å². The zero-order valence-electron chi connectivity index (χ0n) is 12.1. The second kappa shape index (κ2) is 6.71. The molecule has 0 saturated carbocycles. The van der Waals surface area contributed by atoms with Crippen molar-refractivity contribution < 1.29 is 12.8 Å². The molecule has 0 bridgehead atoms. The molecular formula is C13H23N3O3S. The molecule has 0 aromatic carbocycles. The molecule has 0 amide bonds. The van der Waals surface area contributed by atoms with Crippen molar-refractivity contribution in [1.29, 1.82) is 0 Å². The summed E-state index contributed by atoms with van der Waals surface area (Å²) in [7, 11) is -3.29. The van der Waals surface area contributed by atoms with Crippen LogP contribution in [0.4, 0.5) is 0 Å². The summed E-state index contributed by atoms with van der Waals surface area (Å²) in [5.41, 5.74) is 0. The van der Waals surface area contributed by atoms with E-state index in [0.29, 0.717) is 12.3 Å². The van der Waals surface area contributed by atoms with Gasteiger partial charge in [-0.25, -0.2) is 13.1 Å². The summed E-state index contributed by atoms with van der Waals surface area (Å²) in [5.74, 6) is 1.55. The Balaban J connectivity index is 1.83. The summed E-state index contributed by atoms with van der Waals surface area (Å²) >= 11 is 0. The fraction of sp³-hybridized carbons (Fsp3) is 0.692. The average molecular weight is 301 g/mol. The van der Waals surface area contributed by atoms with Crippen LogP contribution in [0.2, 0.25) is 0 Å². The van der Waals surface area contributed by atoms with Gasteiger partial charge in [0.05, 0.1) is 11.8 Å². The molecule has 6 nitrogen and oxygen atoms in total. The lowest BCUT2D eigenvalue weighted by Gasteiger charge is -2.27. The monoisotopic (exact) mass is 301 g/mol. The maximum Gasteiger partial charge on any atom is 0.213 e. The lowest BCUT2D eigenvalue weighted by Crippen LogP contribution is -2.46. The van der Waals surface area contributed by atoms with Crippen molar-refractivity contribution in [2.24, 2.45) is 0 Å². The molecule has 2 N–H and O–H groups in total. The van der Waals surface area contributed by atoms with Crippen molar-refractivity contribution in [3.05, 3.63) is 23.7 Å². The van der Waals surface area contributed by atoms with Gasteiger partial charge in [0, 0.05) is 32.7 Å². The van der Waals surface area contributed by atoms with Gasteiger partial charge in [-0.15, -0.1) is 0 Å². The van der Waals surface area contributed by atoms with Crippen LogP contribution in [0.5, 0.6) is 0 Å². The molecule has 20 heavy (non-hydrogen) atoms. The predicted octanol–water partition coefficient (Wildman–Crippen LogP) is 0.474. The Kier molecular flexibility index (Phi) is 5.20. The molecule has 2 rings (SSSR count). The highest BCUT2D eigenvalue weighted by Crippen LogP contribution is 2.16. The van der Waals surface area contributed by atoms with E-state index in [1.165, 1.54) is 0 Å². The SMILES string of the molecule is Cc1ccc(C(C)NS(=O)(=O)CCN2CCNCC2)o1. The van der Waals surface area contributed by atoms with Gasteiger partial charge < -0.3 is 9.73 Å². The normalized spacial score (nSPS) is 19.1. The molecule has 1 atom stereocenters. The van der Waals surface area contributed by atoms with Gasteiger partial charge in [-0.3, -0.25) is 4.90 Å². The van der Waals surface area contributed by atoms with Crippen LogP contribution in [0, 0.1) is 6.92 Å². The number of hydrogen-bond donors (Lipinski definition) is 2. The Morgan fingerprint density at radius 1 is 1.40 bits per heavy atom. The number of nitrogens with one attached hydrogen (secondary N) is 2. The van der Waals surface area contributed by atoms with Crippen LogP contribution in [0.3, 0.4) is 0 Å². The molecule has 1 aliphatic heterocycles. The topological polar surface area (TPSA) is 74.6 Å². The fourth-order valence-corrected chi connectivity index (χ4v) is 3.53. The summed E-state index contributed by atoms with van der Waals surface area (Å²) < 4.78 is 32.2. The lowest BCUT2D eigenvalue weighted by molar-refractivity contribution is 0.253. The smallest absolute Gasteiger partial charge is 0.213 e. The number of sulfonamides is 1. The molecule has 1 aromatic rings. The first-order chi connectivity index (χ1) is 9.46. The van der Waals surface area contributed by atoms with E-state index in [2.05, 4.69) is 14.9 Å². The quantitative estimate of drug-likeness (QED) is 0.799. The van der Waals surface area contributed by atoms with E-state index < -0.39 is 10.0 Å². The molecule has 0 spiro atoms. The third-order valence-corrected chi connectivity index (χ3v) is 4.86. The number of hydrogen-bond acceptors (Lipinski definition) is 5. The van der Waals surface area contributed by atoms with Crippen molar-refractivity contribution in [3.8, 4) is 0 Å². The largest absolute Gasteiger partial charge is 0.465 e. The molecule has 1 aromatic heterocycles. The summed E-state index contributed by atoms with van der Waals surface area (Å²) in [6.45, 7) is 7.87. The fourth-order valence-electron chi connectivity index (χ4n) is 2.26. The molecule has 7 heteroatoms. The second-order valence-corrected chi connectivity index (χ2v) is 7.07. The van der Waals surface area contributed by atoms with Crippen LogP contribution >= 0.6 is 0 Å². The summed E-state index contributed by atoms with van der Waals surface area (Å²) in [6, 6.07) is 3.30. The van der Waals surface area contributed by atoms with Crippen LogP contribution < -0.4 is 10.0 Å². The van der Waals surface area contributed by atoms with Gasteiger partial charge in [0.2, 0.25) is 10.0 Å². The zero-order valence-corrected chi connectivity index (χ0v) is 12.9. The molecule has 2 heterocycles. The van der Waals surface area contributed by atoms with E-state index in [0.717, 1.165) is 31.9 Å². The maximum atomic E-state index is 12.1. The Morgan fingerprint density at radius 2 is 2.10 bits per heavy atom. The van der Waals surface area contributed by atoms with Gasteiger partial charge in [0.1, 0.15) is 11.5 Å². The van der Waals surface area contributed by atoms with Gasteiger partial charge in [-0.1, -0.05) is 0 Å². The van der Waals surface area contributed by atoms with E-state index in [1.807, 2.05) is 13.0 Å². The first kappa shape index (κ1) is 15.5. The maximum absolute atomic E-state index is 12.1. The van der Waals surface area contributed by atoms with Crippen LogP contribution in [-0.4, -0.2) is 51.8 Å². The van der Waals surface area contributed by atoms with Crippen LogP contribution in [0.1, 0.15) is 24.5 Å². The molecule has 0 radical (unpaired) electrons. The standard InChI is InChI=1S/C13H23N3O3S/c1-11-3-4-13(19-11)12(2)15-20(17,18)10-9-16-7-5-14-6-8-16/h3-4,12,14-15H,5-10H2,1-2H3. The summed E-state index contributed by atoms with van der Waals surface area (Å²) in [4.78, 5) is 2.16. The van der Waals surface area contributed by atoms with Crippen molar-refractivity contribution in [2.75, 3.05) is 38.5 Å². The zero-order chi connectivity index (χ0) is 14.6. The third kappa shape index (κ3) is 4.59. The van der Waals surface area contributed by atoms with Gasteiger partial charge in [0.15, 0.2) is 0 Å². The Labute approximate surface area is 120 Å². The van der Waals surface area contributed by atoms with Gasteiger partial charge >= 0.3 is 0 Å². The first-order valence-electron chi connectivity index (χ1n) is 6.96. The number of furan rings is 1. The van der Waals surface area contributed by atoms with E-state index >= 15 is 0 Å². The summed E-state index contributed by atoms with van der Waals surface area (Å²) in [6.07, 6.45) is 0. The number of piperazine rings is 1. The van der Waals surface area contributed by atoms with Crippen molar-refractivity contribution in [3.63, 3.8) is 0 Å². The van der Waals surface area contributed by atoms with Gasteiger partial charge in [-0.05, 0) is 26.0 Å². The van der Waals surface area contributed by atoms with Crippen molar-refractivity contribution >= 4 is 10.0 Å². The second-order valence-electron chi connectivity index (χ2n) is 5.20. The number of aryl methyl sites for hydroxylation is 1. The average Bonchev–Trinajstić information content (AvgIpc) is 2.84. The van der Waals surface area contributed by atoms with E-state index in [-0.39, 0.29) is 11.8 Å². The molecule has 1 fully saturated rings. The Bertz CT molecular complexity index is 521. The molecule has 0 aliphatic carbocycles. The highest BCUT2D eigenvalue weighted by atomic mass is 32.2. The summed E-state index contributed by atoms with van der Waals surface area (Å²) in [5, 5.41) is 3.25. The number of nitrogens with zero attached hydrogens (tertiary/aromatic N) is 1. The molecule has 1 unspecified atom stereocenters. The molecule has 114 valence electrons. The van der Waals surface area contributed by atoms with Crippen LogP contribution in [-0.2, 0) is 10.0 Å². The van der Waals surface area contributed by atoms with E-state index in [4.69, 9.17) is 4.42 Å². The highest BCUT2D eigenvalue weighted by molar-refractivity contribution is 7.89. The van der Waals surface area contributed by atoms with Crippen molar-refractivity contribution in [1.82, 2.24) is 14.9 Å². The van der Waals surface area contributed by atoms with Gasteiger partial charge in [0.25, 0.3) is 0 Å². The Hall–Kier alpha value is -0.890. The number of rotatable bonds is 6. The third-order valence-electron chi connectivity index (χ3n) is 3.43. The Morgan fingerprint density at radius 3 is 2.70 bits per heavy atom. The van der Waals surface area contributed by atoms with Gasteiger partial charge in [-0.2, -0.15) is 0 Å². The minimum Gasteiger partial charge on any atom is -0.465 e. The minimum absolute atomic E-state index is 0.122. The predicted molar refractivity (Wildman–Crippen MR) is 78.1 cm³/mol. The van der Waals surface area contributed by atoms with Crippen LogP contribution in [0.15, 0.2) is 16.5 Å². The molecule has 1 saturated heterocycles. The van der Waals surface area contributed by atoms with E-state index in [1.54, 1.807) is 13.0 Å². The van der Waals surface area contributed by atoms with E-state index in [9.17, 15) is 8.42 Å². The molecular weight excluding hydrogens is 278 g/mol. The lowest BCUT2D eigenvalue weighted by atomic mass is 10.3. The van der Waals surface area contributed by atoms with Crippen molar-refractivity contribution in [2.45, 2.75) is 19.9 Å². The first-order valence-corrected chi connectivity index (χ1v) is 8.61. The molecule has 1 aliphatic rings.